The summed E-state index contributed by atoms with van der Waals surface area (Å²) in [5.74, 6) is 0. The third kappa shape index (κ3) is 3.31. The van der Waals surface area contributed by atoms with Crippen LogP contribution in [0.3, 0.4) is 0 Å². The van der Waals surface area contributed by atoms with Gasteiger partial charge in [0.05, 0.1) is 10.7 Å². The summed E-state index contributed by atoms with van der Waals surface area (Å²) in [6, 6.07) is 0. The molecule has 1 nitrogen and oxygen atoms in total. The first kappa shape index (κ1) is 14.7. The Morgan fingerprint density at radius 1 is 0.706 bits per heavy atom. The van der Waals surface area contributed by atoms with Gasteiger partial charge in [0.15, 0.2) is 0 Å². The first-order chi connectivity index (χ1) is 7.33. The first-order valence-electron chi connectivity index (χ1n) is 6.36. The zero-order chi connectivity index (χ0) is 13.6. The molecule has 0 N–H and O–H groups in total. The standard InChI is InChI=1S/C15H27NS/c1-13(2,3)10-11(14(4,5)6)17-12(16-10)15(7,8)9/h1-9H3. The molecule has 1 rings (SSSR count). The van der Waals surface area contributed by atoms with E-state index in [1.807, 2.05) is 11.3 Å². The Morgan fingerprint density at radius 3 is 1.41 bits per heavy atom. The summed E-state index contributed by atoms with van der Waals surface area (Å²) < 4.78 is 0. The third-order valence-corrected chi connectivity index (χ3v) is 4.57. The second-order valence-corrected chi connectivity index (χ2v) is 8.95. The van der Waals surface area contributed by atoms with Crippen molar-refractivity contribution in [3.05, 3.63) is 15.6 Å². The highest BCUT2D eigenvalue weighted by Crippen LogP contribution is 2.40. The lowest BCUT2D eigenvalue weighted by molar-refractivity contribution is 0.518. The Hall–Kier alpha value is -0.370. The number of aromatic nitrogens is 1. The van der Waals surface area contributed by atoms with E-state index < -0.39 is 0 Å². The maximum atomic E-state index is 4.94. The van der Waals surface area contributed by atoms with E-state index in [1.165, 1.54) is 15.6 Å². The molecule has 98 valence electrons. The summed E-state index contributed by atoms with van der Waals surface area (Å²) in [5.41, 5.74) is 1.74. The van der Waals surface area contributed by atoms with Crippen LogP contribution in [0.2, 0.25) is 0 Å². The van der Waals surface area contributed by atoms with Gasteiger partial charge in [-0.2, -0.15) is 0 Å². The van der Waals surface area contributed by atoms with Gasteiger partial charge in [0.2, 0.25) is 0 Å². The average Bonchev–Trinajstić information content (AvgIpc) is 2.42. The van der Waals surface area contributed by atoms with Gasteiger partial charge in [0, 0.05) is 15.7 Å². The molecule has 0 saturated carbocycles. The van der Waals surface area contributed by atoms with Crippen LogP contribution in [-0.2, 0) is 16.2 Å². The predicted octanol–water partition coefficient (Wildman–Crippen LogP) is 5.04. The Balaban J connectivity index is 3.44. The Labute approximate surface area is 111 Å². The monoisotopic (exact) mass is 253 g/mol. The first-order valence-corrected chi connectivity index (χ1v) is 7.17. The zero-order valence-electron chi connectivity index (χ0n) is 12.9. The van der Waals surface area contributed by atoms with Crippen molar-refractivity contribution >= 4 is 11.3 Å². The normalized spacial score (nSPS) is 14.2. The van der Waals surface area contributed by atoms with Gasteiger partial charge in [-0.15, -0.1) is 11.3 Å². The van der Waals surface area contributed by atoms with Gasteiger partial charge in [-0.1, -0.05) is 62.3 Å². The number of nitrogens with zero attached hydrogens (tertiary/aromatic N) is 1. The van der Waals surface area contributed by atoms with Crippen molar-refractivity contribution in [2.24, 2.45) is 0 Å². The highest BCUT2D eigenvalue weighted by Gasteiger charge is 2.32. The fourth-order valence-electron chi connectivity index (χ4n) is 1.66. The second-order valence-electron chi connectivity index (χ2n) is 7.95. The van der Waals surface area contributed by atoms with E-state index in [0.29, 0.717) is 0 Å². The molecule has 17 heavy (non-hydrogen) atoms. The molecule has 0 radical (unpaired) electrons. The van der Waals surface area contributed by atoms with Gasteiger partial charge in [-0.25, -0.2) is 4.98 Å². The van der Waals surface area contributed by atoms with E-state index in [2.05, 4.69) is 62.3 Å². The molecule has 0 unspecified atom stereocenters. The molecule has 0 bridgehead atoms. The lowest BCUT2D eigenvalue weighted by atomic mass is 9.83. The van der Waals surface area contributed by atoms with Crippen LogP contribution in [0.4, 0.5) is 0 Å². The fraction of sp³-hybridized carbons (Fsp3) is 0.800. The van der Waals surface area contributed by atoms with E-state index in [1.54, 1.807) is 0 Å². The highest BCUT2D eigenvalue weighted by atomic mass is 32.1. The number of hydrogen-bond donors (Lipinski definition) is 0. The van der Waals surface area contributed by atoms with Crippen molar-refractivity contribution in [3.63, 3.8) is 0 Å². The summed E-state index contributed by atoms with van der Waals surface area (Å²) in [7, 11) is 0. The summed E-state index contributed by atoms with van der Waals surface area (Å²) in [6.07, 6.45) is 0. The predicted molar refractivity (Wildman–Crippen MR) is 78.2 cm³/mol. The smallest absolute Gasteiger partial charge is 0.0985 e. The van der Waals surface area contributed by atoms with Crippen molar-refractivity contribution in [2.75, 3.05) is 0 Å². The summed E-state index contributed by atoms with van der Waals surface area (Å²) >= 11 is 1.89. The molecule has 0 aliphatic rings. The van der Waals surface area contributed by atoms with Gasteiger partial charge in [0.1, 0.15) is 0 Å². The Morgan fingerprint density at radius 2 is 1.18 bits per heavy atom. The minimum absolute atomic E-state index is 0.128. The van der Waals surface area contributed by atoms with Crippen LogP contribution in [0.5, 0.6) is 0 Å². The van der Waals surface area contributed by atoms with Crippen molar-refractivity contribution in [3.8, 4) is 0 Å². The third-order valence-electron chi connectivity index (χ3n) is 2.66. The SMILES string of the molecule is CC(C)(C)c1nc(C(C)(C)C)c(C(C)(C)C)s1. The molecule has 0 aliphatic carbocycles. The van der Waals surface area contributed by atoms with E-state index in [0.717, 1.165) is 0 Å². The van der Waals surface area contributed by atoms with Gasteiger partial charge < -0.3 is 0 Å². The molecule has 0 aromatic carbocycles. The van der Waals surface area contributed by atoms with Crippen LogP contribution < -0.4 is 0 Å². The zero-order valence-corrected chi connectivity index (χ0v) is 13.7. The minimum Gasteiger partial charge on any atom is -0.245 e. The largest absolute Gasteiger partial charge is 0.245 e. The van der Waals surface area contributed by atoms with Gasteiger partial charge in [0.25, 0.3) is 0 Å². The molecular weight excluding hydrogens is 226 g/mol. The van der Waals surface area contributed by atoms with E-state index in [-0.39, 0.29) is 16.2 Å². The van der Waals surface area contributed by atoms with Crippen molar-refractivity contribution in [1.29, 1.82) is 0 Å². The fourth-order valence-corrected chi connectivity index (χ4v) is 3.05. The summed E-state index contributed by atoms with van der Waals surface area (Å²) in [4.78, 5) is 6.38. The van der Waals surface area contributed by atoms with Crippen LogP contribution in [-0.4, -0.2) is 4.98 Å². The van der Waals surface area contributed by atoms with Crippen LogP contribution in [0.25, 0.3) is 0 Å². The molecule has 0 aliphatic heterocycles. The molecular formula is C15H27NS. The molecule has 1 aromatic rings. The lowest BCUT2D eigenvalue weighted by Gasteiger charge is -2.24. The minimum atomic E-state index is 0.128. The summed E-state index contributed by atoms with van der Waals surface area (Å²) in [5, 5.41) is 1.26. The molecule has 1 aromatic heterocycles. The lowest BCUT2D eigenvalue weighted by Crippen LogP contribution is -2.20. The van der Waals surface area contributed by atoms with Crippen molar-refractivity contribution in [2.45, 2.75) is 78.6 Å². The molecule has 0 fully saturated rings. The molecule has 0 saturated heterocycles. The van der Waals surface area contributed by atoms with Gasteiger partial charge >= 0.3 is 0 Å². The van der Waals surface area contributed by atoms with Crippen LogP contribution in [0.1, 0.15) is 77.9 Å². The van der Waals surface area contributed by atoms with E-state index in [4.69, 9.17) is 4.98 Å². The quantitative estimate of drug-likeness (QED) is 0.631. The molecule has 0 spiro atoms. The van der Waals surface area contributed by atoms with Crippen LogP contribution >= 0.6 is 11.3 Å². The second kappa shape index (κ2) is 4.08. The molecule has 0 atom stereocenters. The Kier molecular flexibility index (Phi) is 3.53. The number of thiazole rings is 1. The van der Waals surface area contributed by atoms with Crippen molar-refractivity contribution in [1.82, 2.24) is 4.98 Å². The summed E-state index contributed by atoms with van der Waals surface area (Å²) in [6.45, 7) is 20.3. The molecule has 2 heteroatoms. The van der Waals surface area contributed by atoms with E-state index in [9.17, 15) is 0 Å². The van der Waals surface area contributed by atoms with Crippen LogP contribution in [0.15, 0.2) is 0 Å². The highest BCUT2D eigenvalue weighted by molar-refractivity contribution is 7.12. The maximum absolute atomic E-state index is 4.94. The number of hydrogen-bond acceptors (Lipinski definition) is 2. The number of rotatable bonds is 0. The van der Waals surface area contributed by atoms with Gasteiger partial charge in [-0.3, -0.25) is 0 Å². The van der Waals surface area contributed by atoms with Crippen LogP contribution in [0, 0.1) is 0 Å². The Bertz CT molecular complexity index is 363. The molecule has 0 amide bonds. The van der Waals surface area contributed by atoms with E-state index >= 15 is 0 Å². The van der Waals surface area contributed by atoms with Crippen molar-refractivity contribution < 1.29 is 0 Å². The van der Waals surface area contributed by atoms with Gasteiger partial charge in [-0.05, 0) is 5.41 Å². The topological polar surface area (TPSA) is 12.9 Å². The maximum Gasteiger partial charge on any atom is 0.0985 e. The molecule has 1 heterocycles. The average molecular weight is 253 g/mol.